The molecule has 0 aromatic heterocycles. The van der Waals surface area contributed by atoms with E-state index >= 15 is 0 Å². The molecular weight excluding hydrogens is 423 g/mol. The molecule has 3 aromatic rings. The van der Waals surface area contributed by atoms with Crippen molar-refractivity contribution in [3.8, 4) is 0 Å². The Morgan fingerprint density at radius 3 is 1.73 bits per heavy atom. The molecule has 0 amide bonds. The van der Waals surface area contributed by atoms with Crippen LogP contribution in [-0.2, 0) is 9.30 Å². The predicted octanol–water partition coefficient (Wildman–Crippen LogP) is 7.72. The van der Waals surface area contributed by atoms with E-state index in [2.05, 4.69) is 5.09 Å². The smallest absolute Gasteiger partial charge is 0.288 e. The number of alkyl halides is 2. The van der Waals surface area contributed by atoms with E-state index in [-0.39, 0.29) is 0 Å². The molecule has 1 aliphatic heterocycles. The maximum Gasteiger partial charge on any atom is 0.288 e. The van der Waals surface area contributed by atoms with Gasteiger partial charge in [-0.05, 0) is 24.3 Å². The van der Waals surface area contributed by atoms with Crippen LogP contribution in [0.15, 0.2) is 101 Å². The number of hydrogen-bond donors (Lipinski definition) is 1. The highest BCUT2D eigenvalue weighted by molar-refractivity contribution is 7.99. The van der Waals surface area contributed by atoms with Gasteiger partial charge in [-0.2, -0.15) is 8.78 Å². The third-order valence-corrected chi connectivity index (χ3v) is 6.90. The van der Waals surface area contributed by atoms with E-state index in [0.29, 0.717) is 33.9 Å². The van der Waals surface area contributed by atoms with Crippen LogP contribution in [0, 0.1) is 0 Å². The SMILES string of the molecule is O=P1(Nc2ccc(SC(F)F)cc2)C=C(c2ccccc2)OC(c2ccccc2)=C1. The predicted molar refractivity (Wildman–Crippen MR) is 119 cm³/mol. The van der Waals surface area contributed by atoms with Crippen LogP contribution in [0.1, 0.15) is 11.1 Å². The van der Waals surface area contributed by atoms with Gasteiger partial charge in [-0.3, -0.25) is 4.57 Å². The lowest BCUT2D eigenvalue weighted by molar-refractivity contribution is 0.252. The molecule has 30 heavy (non-hydrogen) atoms. The monoisotopic (exact) mass is 441 g/mol. The van der Waals surface area contributed by atoms with Gasteiger partial charge in [-0.1, -0.05) is 72.4 Å². The minimum atomic E-state index is -3.18. The molecule has 0 fully saturated rings. The molecule has 1 N–H and O–H groups in total. The second-order valence-corrected chi connectivity index (χ2v) is 9.77. The minimum absolute atomic E-state index is 0.446. The topological polar surface area (TPSA) is 38.3 Å². The number of thioether (sulfide) groups is 1. The lowest BCUT2D eigenvalue weighted by atomic mass is 10.2. The van der Waals surface area contributed by atoms with Crippen LogP contribution in [0.5, 0.6) is 0 Å². The summed E-state index contributed by atoms with van der Waals surface area (Å²) in [7, 11) is -3.18. The Bertz CT molecular complexity index is 1060. The van der Waals surface area contributed by atoms with Crippen molar-refractivity contribution in [2.24, 2.45) is 0 Å². The van der Waals surface area contributed by atoms with Crippen molar-refractivity contribution in [1.82, 2.24) is 0 Å². The van der Waals surface area contributed by atoms with Crippen molar-refractivity contribution in [3.05, 3.63) is 108 Å². The zero-order valence-electron chi connectivity index (χ0n) is 15.7. The third kappa shape index (κ3) is 5.02. The molecule has 0 saturated carbocycles. The van der Waals surface area contributed by atoms with E-state index < -0.39 is 13.1 Å². The van der Waals surface area contributed by atoms with Gasteiger partial charge in [0, 0.05) is 33.3 Å². The van der Waals surface area contributed by atoms with Crippen LogP contribution in [0.3, 0.4) is 0 Å². The van der Waals surface area contributed by atoms with Crippen LogP contribution in [0.25, 0.3) is 11.5 Å². The Morgan fingerprint density at radius 1 is 0.767 bits per heavy atom. The van der Waals surface area contributed by atoms with Crippen molar-refractivity contribution in [1.29, 1.82) is 0 Å². The van der Waals surface area contributed by atoms with Crippen LogP contribution in [0.4, 0.5) is 14.5 Å². The molecule has 0 bridgehead atoms. The number of halogens is 2. The molecule has 0 aliphatic carbocycles. The second-order valence-electron chi connectivity index (χ2n) is 6.54. The van der Waals surface area contributed by atoms with Gasteiger partial charge in [0.1, 0.15) is 11.5 Å². The largest absolute Gasteiger partial charge is 0.456 e. The standard InChI is InChI=1S/C23H18F2NO2PS/c24-23(25)30-20-13-11-19(12-14-20)26-29(27)15-21(17-7-3-1-4-8-17)28-22(16-29)18-9-5-2-6-10-18/h1-16,23H,(H,26,27). The van der Waals surface area contributed by atoms with Gasteiger partial charge in [-0.15, -0.1) is 0 Å². The second kappa shape index (κ2) is 8.90. The average molecular weight is 441 g/mol. The number of rotatable bonds is 6. The summed E-state index contributed by atoms with van der Waals surface area (Å²) >= 11 is 0.474. The van der Waals surface area contributed by atoms with Crippen molar-refractivity contribution < 1.29 is 18.1 Å². The summed E-state index contributed by atoms with van der Waals surface area (Å²) in [6.45, 7) is 0. The Balaban J connectivity index is 1.68. The summed E-state index contributed by atoms with van der Waals surface area (Å²) in [5, 5.41) is 3.06. The lowest BCUT2D eigenvalue weighted by Crippen LogP contribution is -2.03. The Morgan fingerprint density at radius 2 is 1.27 bits per heavy atom. The zero-order chi connectivity index (χ0) is 21.0. The fourth-order valence-electron chi connectivity index (χ4n) is 3.01. The summed E-state index contributed by atoms with van der Waals surface area (Å²) < 4.78 is 44.9. The highest BCUT2D eigenvalue weighted by Gasteiger charge is 2.27. The molecule has 3 aromatic carbocycles. The van der Waals surface area contributed by atoms with Crippen LogP contribution in [-0.4, -0.2) is 5.76 Å². The molecular formula is C23H18F2NO2PS. The van der Waals surface area contributed by atoms with E-state index in [9.17, 15) is 13.3 Å². The van der Waals surface area contributed by atoms with Gasteiger partial charge in [0.05, 0.1) is 0 Å². The summed E-state index contributed by atoms with van der Waals surface area (Å²) in [6, 6.07) is 25.4. The Kier molecular flexibility index (Phi) is 6.07. The van der Waals surface area contributed by atoms with E-state index in [1.165, 1.54) is 0 Å². The number of anilines is 1. The molecule has 7 heteroatoms. The molecule has 0 spiro atoms. The zero-order valence-corrected chi connectivity index (χ0v) is 17.5. The minimum Gasteiger partial charge on any atom is -0.456 e. The number of ether oxygens (including phenoxy) is 1. The van der Waals surface area contributed by atoms with E-state index in [1.54, 1.807) is 35.9 Å². The molecule has 1 heterocycles. The summed E-state index contributed by atoms with van der Waals surface area (Å²) in [5.41, 5.74) is 2.20. The van der Waals surface area contributed by atoms with E-state index in [1.807, 2.05) is 60.7 Å². The summed E-state index contributed by atoms with van der Waals surface area (Å²) in [5.74, 6) is 1.70. The fourth-order valence-corrected chi connectivity index (χ4v) is 5.36. The van der Waals surface area contributed by atoms with Crippen LogP contribution >= 0.6 is 19.1 Å². The third-order valence-electron chi connectivity index (χ3n) is 4.34. The number of nitrogens with one attached hydrogen (secondary N) is 1. The quantitative estimate of drug-likeness (QED) is 0.314. The lowest BCUT2D eigenvalue weighted by Gasteiger charge is -2.24. The van der Waals surface area contributed by atoms with Gasteiger partial charge in [0.25, 0.3) is 5.76 Å². The van der Waals surface area contributed by atoms with Crippen molar-refractivity contribution in [3.63, 3.8) is 0 Å². The van der Waals surface area contributed by atoms with Crippen LogP contribution < -0.4 is 5.09 Å². The maximum atomic E-state index is 13.8. The first kappa shape index (κ1) is 20.5. The molecule has 1 aliphatic rings. The van der Waals surface area contributed by atoms with Gasteiger partial charge in [0.15, 0.2) is 0 Å². The van der Waals surface area contributed by atoms with Gasteiger partial charge < -0.3 is 9.82 Å². The van der Waals surface area contributed by atoms with Crippen molar-refractivity contribution in [2.75, 3.05) is 5.09 Å². The molecule has 0 saturated heterocycles. The molecule has 3 nitrogen and oxygen atoms in total. The van der Waals surface area contributed by atoms with E-state index in [0.717, 1.165) is 11.1 Å². The van der Waals surface area contributed by atoms with Crippen molar-refractivity contribution >= 4 is 36.3 Å². The van der Waals surface area contributed by atoms with Crippen LogP contribution in [0.2, 0.25) is 0 Å². The Hall–Kier alpha value is -2.82. The van der Waals surface area contributed by atoms with Gasteiger partial charge in [0.2, 0.25) is 7.29 Å². The highest BCUT2D eigenvalue weighted by atomic mass is 32.2. The number of benzene rings is 3. The average Bonchev–Trinajstić information content (AvgIpc) is 2.75. The fraction of sp³-hybridized carbons (Fsp3) is 0.0435. The maximum absolute atomic E-state index is 13.8. The van der Waals surface area contributed by atoms with Crippen molar-refractivity contribution in [2.45, 2.75) is 10.7 Å². The molecule has 152 valence electrons. The highest BCUT2D eigenvalue weighted by Crippen LogP contribution is 2.56. The first-order chi connectivity index (χ1) is 14.5. The first-order valence-electron chi connectivity index (χ1n) is 9.18. The molecule has 4 rings (SSSR count). The Labute approximate surface area is 177 Å². The first-order valence-corrected chi connectivity index (χ1v) is 11.9. The van der Waals surface area contributed by atoms with E-state index in [4.69, 9.17) is 4.74 Å². The molecule has 0 atom stereocenters. The van der Waals surface area contributed by atoms with Gasteiger partial charge in [-0.25, -0.2) is 0 Å². The summed E-state index contributed by atoms with van der Waals surface area (Å²) in [6.07, 6.45) is 0. The number of hydrogen-bond acceptors (Lipinski definition) is 3. The van der Waals surface area contributed by atoms with Gasteiger partial charge >= 0.3 is 0 Å². The normalized spacial score (nSPS) is 15.2. The summed E-state index contributed by atoms with van der Waals surface area (Å²) in [4.78, 5) is 0.446. The molecule has 0 radical (unpaired) electrons. The molecule has 0 unspecified atom stereocenters.